The van der Waals surface area contributed by atoms with Crippen molar-refractivity contribution < 1.29 is 14.7 Å². The summed E-state index contributed by atoms with van der Waals surface area (Å²) in [7, 11) is 3.44. The number of urea groups is 1. The first kappa shape index (κ1) is 15.7. The monoisotopic (exact) mass is 245 g/mol. The van der Waals surface area contributed by atoms with Crippen molar-refractivity contribution in [1.82, 2.24) is 15.5 Å². The Kier molecular flexibility index (Phi) is 7.29. The summed E-state index contributed by atoms with van der Waals surface area (Å²) in [4.78, 5) is 24.1. The van der Waals surface area contributed by atoms with Gasteiger partial charge in [0, 0.05) is 20.1 Å². The Morgan fingerprint density at radius 2 is 1.94 bits per heavy atom. The second-order valence-corrected chi connectivity index (χ2v) is 4.49. The molecular formula is C11H23N3O3. The third-order valence-electron chi connectivity index (χ3n) is 2.35. The number of carbonyl (C=O) groups is 2. The Balaban J connectivity index is 4.25. The molecule has 0 aliphatic heterocycles. The van der Waals surface area contributed by atoms with E-state index in [-0.39, 0.29) is 11.9 Å². The minimum atomic E-state index is -0.992. The van der Waals surface area contributed by atoms with Crippen molar-refractivity contribution in [2.75, 3.05) is 27.2 Å². The lowest BCUT2D eigenvalue weighted by Gasteiger charge is -2.22. The molecule has 17 heavy (non-hydrogen) atoms. The van der Waals surface area contributed by atoms with E-state index in [1.54, 1.807) is 14.1 Å². The van der Waals surface area contributed by atoms with E-state index in [1.165, 1.54) is 4.90 Å². The van der Waals surface area contributed by atoms with E-state index in [0.29, 0.717) is 19.5 Å². The predicted octanol–water partition coefficient (Wildman–Crippen LogP) is 0.347. The average Bonchev–Trinajstić information content (AvgIpc) is 2.23. The van der Waals surface area contributed by atoms with Crippen molar-refractivity contribution >= 4 is 12.0 Å². The number of carboxylic acid groups (broad SMARTS) is 1. The summed E-state index contributed by atoms with van der Waals surface area (Å²) in [6.45, 7) is 5.06. The van der Waals surface area contributed by atoms with E-state index < -0.39 is 12.0 Å². The number of carbonyl (C=O) groups excluding carboxylic acids is 1. The molecule has 0 aromatic rings. The highest BCUT2D eigenvalue weighted by atomic mass is 16.4. The Hall–Kier alpha value is -1.30. The zero-order valence-corrected chi connectivity index (χ0v) is 11.0. The summed E-state index contributed by atoms with van der Waals surface area (Å²) in [5, 5.41) is 14.4. The number of nitrogens with one attached hydrogen (secondary N) is 2. The molecule has 0 aromatic heterocycles. The van der Waals surface area contributed by atoms with Crippen molar-refractivity contribution in [1.29, 1.82) is 0 Å². The smallest absolute Gasteiger partial charge is 0.326 e. The predicted molar refractivity (Wildman–Crippen MR) is 66.0 cm³/mol. The lowest BCUT2D eigenvalue weighted by atomic mass is 10.0. The fraction of sp³-hybridized carbons (Fsp3) is 0.818. The normalized spacial score (nSPS) is 12.3. The van der Waals surface area contributed by atoms with Gasteiger partial charge in [0.15, 0.2) is 0 Å². The molecule has 0 aliphatic carbocycles. The minimum Gasteiger partial charge on any atom is -0.480 e. The van der Waals surface area contributed by atoms with Crippen LogP contribution in [0.3, 0.4) is 0 Å². The molecule has 0 heterocycles. The third-order valence-corrected chi connectivity index (χ3v) is 2.35. The molecule has 1 atom stereocenters. The molecule has 0 saturated heterocycles. The maximum Gasteiger partial charge on any atom is 0.326 e. The van der Waals surface area contributed by atoms with Gasteiger partial charge in [-0.15, -0.1) is 0 Å². The molecule has 0 aromatic carbocycles. The lowest BCUT2D eigenvalue weighted by molar-refractivity contribution is -0.139. The van der Waals surface area contributed by atoms with Crippen LogP contribution >= 0.6 is 0 Å². The molecule has 0 spiro atoms. The van der Waals surface area contributed by atoms with Crippen LogP contribution in [0, 0.1) is 5.92 Å². The van der Waals surface area contributed by atoms with E-state index in [1.807, 2.05) is 13.8 Å². The second kappa shape index (κ2) is 7.89. The molecule has 0 fully saturated rings. The van der Waals surface area contributed by atoms with E-state index in [0.717, 1.165) is 0 Å². The zero-order chi connectivity index (χ0) is 13.4. The second-order valence-electron chi connectivity index (χ2n) is 4.49. The number of likely N-dealkylation sites (N-methyl/N-ethyl adjacent to an activating group) is 2. The Bertz CT molecular complexity index is 256. The van der Waals surface area contributed by atoms with Gasteiger partial charge in [-0.3, -0.25) is 0 Å². The molecule has 0 radical (unpaired) electrons. The van der Waals surface area contributed by atoms with Crippen LogP contribution in [0.4, 0.5) is 4.79 Å². The number of hydrogen-bond donors (Lipinski definition) is 3. The average molecular weight is 245 g/mol. The van der Waals surface area contributed by atoms with E-state index >= 15 is 0 Å². The standard InChI is InChI=1S/C11H23N3O3/c1-8(2)7-9(10(15)16)13-11(17)14(4)6-5-12-3/h8-9,12H,5-7H2,1-4H3,(H,13,17)(H,15,16)/t9-/m1/s1. The topological polar surface area (TPSA) is 81.7 Å². The van der Waals surface area contributed by atoms with Crippen LogP contribution in [0.1, 0.15) is 20.3 Å². The van der Waals surface area contributed by atoms with Crippen molar-refractivity contribution in [3.8, 4) is 0 Å². The Morgan fingerprint density at radius 1 is 1.35 bits per heavy atom. The van der Waals surface area contributed by atoms with Crippen LogP contribution in [-0.2, 0) is 4.79 Å². The summed E-state index contributed by atoms with van der Waals surface area (Å²) in [6.07, 6.45) is 0.431. The molecule has 0 unspecified atom stereocenters. The van der Waals surface area contributed by atoms with Crippen molar-refractivity contribution in [3.63, 3.8) is 0 Å². The largest absolute Gasteiger partial charge is 0.480 e. The molecule has 2 amide bonds. The zero-order valence-electron chi connectivity index (χ0n) is 11.0. The first-order valence-electron chi connectivity index (χ1n) is 5.77. The van der Waals surface area contributed by atoms with E-state index in [4.69, 9.17) is 5.11 Å². The van der Waals surface area contributed by atoms with Crippen LogP contribution in [0.25, 0.3) is 0 Å². The van der Waals surface area contributed by atoms with Gasteiger partial charge >= 0.3 is 12.0 Å². The van der Waals surface area contributed by atoms with E-state index in [2.05, 4.69) is 10.6 Å². The molecule has 0 bridgehead atoms. The van der Waals surface area contributed by atoms with Crippen LogP contribution < -0.4 is 10.6 Å². The molecule has 0 saturated carbocycles. The number of amides is 2. The summed E-state index contributed by atoms with van der Waals surface area (Å²) in [5.74, 6) is -0.770. The third kappa shape index (κ3) is 6.78. The van der Waals surface area contributed by atoms with Gasteiger partial charge in [0.05, 0.1) is 0 Å². The first-order chi connectivity index (χ1) is 7.88. The van der Waals surface area contributed by atoms with Crippen LogP contribution in [0.2, 0.25) is 0 Å². The number of rotatable bonds is 7. The number of carboxylic acids is 1. The van der Waals surface area contributed by atoms with Crippen molar-refractivity contribution in [2.45, 2.75) is 26.3 Å². The van der Waals surface area contributed by atoms with Gasteiger partial charge in [-0.2, -0.15) is 0 Å². The van der Waals surface area contributed by atoms with Gasteiger partial charge in [0.25, 0.3) is 0 Å². The Labute approximate surface area is 102 Å². The fourth-order valence-corrected chi connectivity index (χ4v) is 1.33. The highest BCUT2D eigenvalue weighted by Crippen LogP contribution is 2.05. The quantitative estimate of drug-likeness (QED) is 0.604. The molecule has 100 valence electrons. The first-order valence-corrected chi connectivity index (χ1v) is 5.77. The van der Waals surface area contributed by atoms with Gasteiger partial charge in [-0.25, -0.2) is 9.59 Å². The molecule has 0 rings (SSSR count). The summed E-state index contributed by atoms with van der Waals surface area (Å²) in [6, 6.07) is -1.17. The summed E-state index contributed by atoms with van der Waals surface area (Å²) < 4.78 is 0. The molecule has 6 nitrogen and oxygen atoms in total. The van der Waals surface area contributed by atoms with Gasteiger partial charge in [-0.05, 0) is 19.4 Å². The van der Waals surface area contributed by atoms with Gasteiger partial charge < -0.3 is 20.6 Å². The van der Waals surface area contributed by atoms with Crippen LogP contribution in [0.5, 0.6) is 0 Å². The van der Waals surface area contributed by atoms with Crippen LogP contribution in [-0.4, -0.2) is 55.2 Å². The fourth-order valence-electron chi connectivity index (χ4n) is 1.33. The summed E-state index contributed by atoms with van der Waals surface area (Å²) >= 11 is 0. The van der Waals surface area contributed by atoms with Crippen molar-refractivity contribution in [3.05, 3.63) is 0 Å². The van der Waals surface area contributed by atoms with Gasteiger partial charge in [-0.1, -0.05) is 13.8 Å². The highest BCUT2D eigenvalue weighted by molar-refractivity contribution is 5.82. The molecule has 6 heteroatoms. The summed E-state index contributed by atoms with van der Waals surface area (Å²) in [5.41, 5.74) is 0. The molecule has 0 aliphatic rings. The SMILES string of the molecule is CNCCN(C)C(=O)N[C@H](CC(C)C)C(=O)O. The van der Waals surface area contributed by atoms with Gasteiger partial charge in [0.1, 0.15) is 6.04 Å². The minimum absolute atomic E-state index is 0.221. The molecular weight excluding hydrogens is 222 g/mol. The van der Waals surface area contributed by atoms with Crippen LogP contribution in [0.15, 0.2) is 0 Å². The van der Waals surface area contributed by atoms with Gasteiger partial charge in [0.2, 0.25) is 0 Å². The molecule has 3 N–H and O–H groups in total. The van der Waals surface area contributed by atoms with E-state index in [9.17, 15) is 9.59 Å². The number of hydrogen-bond acceptors (Lipinski definition) is 3. The maximum absolute atomic E-state index is 11.7. The maximum atomic E-state index is 11.7. The number of aliphatic carboxylic acids is 1. The highest BCUT2D eigenvalue weighted by Gasteiger charge is 2.22. The lowest BCUT2D eigenvalue weighted by Crippen LogP contribution is -2.48. The Morgan fingerprint density at radius 3 is 2.35 bits per heavy atom. The van der Waals surface area contributed by atoms with Crippen molar-refractivity contribution in [2.24, 2.45) is 5.92 Å². The number of nitrogens with zero attached hydrogens (tertiary/aromatic N) is 1.